The summed E-state index contributed by atoms with van der Waals surface area (Å²) in [6, 6.07) is 17.0. The number of rotatable bonds is 8. The number of nitro groups is 1. The van der Waals surface area contributed by atoms with Crippen molar-refractivity contribution in [3.8, 4) is 0 Å². The fourth-order valence-electron chi connectivity index (χ4n) is 4.29. The SMILES string of the molecule is CC[C@@H]1CN(Cc2ccccc2)CC[C@@H]1CC(=O)Cc1ccccc1[N+](=O)[O-]. The molecule has 1 saturated heterocycles. The molecule has 3 rings (SSSR count). The second-order valence-electron chi connectivity index (χ2n) is 7.74. The van der Waals surface area contributed by atoms with E-state index >= 15 is 0 Å². The van der Waals surface area contributed by atoms with Crippen molar-refractivity contribution < 1.29 is 9.72 Å². The van der Waals surface area contributed by atoms with Gasteiger partial charge in [0.05, 0.1) is 4.92 Å². The van der Waals surface area contributed by atoms with Crippen LogP contribution >= 0.6 is 0 Å². The number of hydrogen-bond donors (Lipinski definition) is 0. The first kappa shape index (κ1) is 20.2. The van der Waals surface area contributed by atoms with Gasteiger partial charge in [0.15, 0.2) is 0 Å². The molecular weight excluding hydrogens is 352 g/mol. The van der Waals surface area contributed by atoms with Crippen molar-refractivity contribution in [3.05, 3.63) is 75.8 Å². The van der Waals surface area contributed by atoms with Gasteiger partial charge >= 0.3 is 0 Å². The topological polar surface area (TPSA) is 63.5 Å². The Labute approximate surface area is 166 Å². The number of ketones is 1. The second kappa shape index (κ2) is 9.60. The molecule has 0 aliphatic carbocycles. The maximum Gasteiger partial charge on any atom is 0.273 e. The predicted molar refractivity (Wildman–Crippen MR) is 110 cm³/mol. The highest BCUT2D eigenvalue weighted by Gasteiger charge is 2.30. The Morgan fingerprint density at radius 3 is 2.54 bits per heavy atom. The fourth-order valence-corrected chi connectivity index (χ4v) is 4.29. The van der Waals surface area contributed by atoms with E-state index in [1.807, 2.05) is 6.07 Å². The summed E-state index contributed by atoms with van der Waals surface area (Å²) >= 11 is 0. The lowest BCUT2D eigenvalue weighted by Gasteiger charge is -2.38. The number of hydrogen-bond acceptors (Lipinski definition) is 4. The van der Waals surface area contributed by atoms with Crippen LogP contribution < -0.4 is 0 Å². The summed E-state index contributed by atoms with van der Waals surface area (Å²) < 4.78 is 0. The average Bonchev–Trinajstić information content (AvgIpc) is 2.70. The summed E-state index contributed by atoms with van der Waals surface area (Å²) in [5.74, 6) is 0.966. The molecule has 0 aromatic heterocycles. The first-order chi connectivity index (χ1) is 13.6. The zero-order chi connectivity index (χ0) is 19.9. The largest absolute Gasteiger partial charge is 0.299 e. The Hall–Kier alpha value is -2.53. The highest BCUT2D eigenvalue weighted by atomic mass is 16.6. The van der Waals surface area contributed by atoms with E-state index in [1.54, 1.807) is 18.2 Å². The van der Waals surface area contributed by atoms with Gasteiger partial charge in [-0.15, -0.1) is 0 Å². The molecule has 0 N–H and O–H groups in total. The van der Waals surface area contributed by atoms with Crippen LogP contribution in [0.25, 0.3) is 0 Å². The minimum absolute atomic E-state index is 0.0422. The molecule has 148 valence electrons. The minimum Gasteiger partial charge on any atom is -0.299 e. The molecule has 5 heteroatoms. The quantitative estimate of drug-likeness (QED) is 0.494. The predicted octanol–water partition coefficient (Wildman–Crippen LogP) is 4.64. The molecular formula is C23H28N2O3. The van der Waals surface area contributed by atoms with Gasteiger partial charge in [-0.25, -0.2) is 0 Å². The highest BCUT2D eigenvalue weighted by Crippen LogP contribution is 2.31. The Balaban J connectivity index is 1.57. The van der Waals surface area contributed by atoms with Gasteiger partial charge < -0.3 is 0 Å². The van der Waals surface area contributed by atoms with Crippen molar-refractivity contribution in [1.82, 2.24) is 4.90 Å². The number of Topliss-reactive ketones (excluding diaryl/α,β-unsaturated/α-hetero) is 1. The number of likely N-dealkylation sites (tertiary alicyclic amines) is 1. The summed E-state index contributed by atoms with van der Waals surface area (Å²) in [7, 11) is 0. The van der Waals surface area contributed by atoms with Crippen LogP contribution in [0.15, 0.2) is 54.6 Å². The minimum atomic E-state index is -0.403. The molecule has 28 heavy (non-hydrogen) atoms. The zero-order valence-electron chi connectivity index (χ0n) is 16.4. The molecule has 0 bridgehead atoms. The van der Waals surface area contributed by atoms with Crippen molar-refractivity contribution >= 4 is 11.5 Å². The van der Waals surface area contributed by atoms with Gasteiger partial charge in [0.25, 0.3) is 5.69 Å². The third-order valence-corrected chi connectivity index (χ3v) is 5.81. The number of piperidine rings is 1. The highest BCUT2D eigenvalue weighted by molar-refractivity contribution is 5.82. The summed E-state index contributed by atoms with van der Waals surface area (Å²) in [5, 5.41) is 11.2. The molecule has 1 aliphatic rings. The van der Waals surface area contributed by atoms with Gasteiger partial charge in [0.1, 0.15) is 5.78 Å². The third kappa shape index (κ3) is 5.26. The molecule has 0 radical (unpaired) electrons. The van der Waals surface area contributed by atoms with Gasteiger partial charge in [0, 0.05) is 37.6 Å². The Kier molecular flexibility index (Phi) is 6.93. The van der Waals surface area contributed by atoms with Crippen LogP contribution in [0.2, 0.25) is 0 Å². The van der Waals surface area contributed by atoms with E-state index in [1.165, 1.54) is 11.6 Å². The van der Waals surface area contributed by atoms with Crippen molar-refractivity contribution in [3.63, 3.8) is 0 Å². The maximum atomic E-state index is 12.7. The van der Waals surface area contributed by atoms with Gasteiger partial charge in [-0.05, 0) is 30.4 Å². The van der Waals surface area contributed by atoms with Gasteiger partial charge in [-0.3, -0.25) is 19.8 Å². The van der Waals surface area contributed by atoms with Crippen molar-refractivity contribution in [2.24, 2.45) is 11.8 Å². The second-order valence-corrected chi connectivity index (χ2v) is 7.74. The van der Waals surface area contributed by atoms with E-state index in [9.17, 15) is 14.9 Å². The van der Waals surface area contributed by atoms with E-state index in [0.717, 1.165) is 32.5 Å². The fraction of sp³-hybridized carbons (Fsp3) is 0.435. The van der Waals surface area contributed by atoms with Gasteiger partial charge in [-0.1, -0.05) is 61.9 Å². The van der Waals surface area contributed by atoms with Crippen LogP contribution in [0.5, 0.6) is 0 Å². The number of carbonyl (C=O) groups excluding carboxylic acids is 1. The third-order valence-electron chi connectivity index (χ3n) is 5.81. The lowest BCUT2D eigenvalue weighted by molar-refractivity contribution is -0.385. The van der Waals surface area contributed by atoms with E-state index < -0.39 is 4.92 Å². The Morgan fingerprint density at radius 2 is 1.82 bits per heavy atom. The maximum absolute atomic E-state index is 12.7. The molecule has 2 atom stereocenters. The summed E-state index contributed by atoms with van der Waals surface area (Å²) in [5.41, 5.74) is 1.89. The van der Waals surface area contributed by atoms with Crippen LogP contribution in [0.4, 0.5) is 5.69 Å². The summed E-state index contributed by atoms with van der Waals surface area (Å²) in [6.45, 7) is 5.15. The van der Waals surface area contributed by atoms with E-state index in [-0.39, 0.29) is 17.9 Å². The smallest absolute Gasteiger partial charge is 0.273 e. The molecule has 1 fully saturated rings. The van der Waals surface area contributed by atoms with Gasteiger partial charge in [-0.2, -0.15) is 0 Å². The standard InChI is InChI=1S/C23H28N2O3/c1-2-19-17-24(16-18-8-4-3-5-9-18)13-12-20(19)14-22(26)15-21-10-6-7-11-23(21)25(27)28/h3-11,19-20H,2,12-17H2,1H3/t19-,20-/m1/s1. The van der Waals surface area contributed by atoms with Crippen molar-refractivity contribution in [1.29, 1.82) is 0 Å². The molecule has 0 amide bonds. The number of para-hydroxylation sites is 1. The number of carbonyl (C=O) groups is 1. The molecule has 1 aliphatic heterocycles. The number of nitro benzene ring substituents is 1. The van der Waals surface area contributed by atoms with E-state index in [0.29, 0.717) is 23.8 Å². The van der Waals surface area contributed by atoms with Crippen molar-refractivity contribution in [2.75, 3.05) is 13.1 Å². The normalized spacial score (nSPS) is 20.0. The zero-order valence-corrected chi connectivity index (χ0v) is 16.4. The lowest BCUT2D eigenvalue weighted by atomic mass is 9.80. The van der Waals surface area contributed by atoms with Crippen LogP contribution in [0.3, 0.4) is 0 Å². The summed E-state index contributed by atoms with van der Waals surface area (Å²) in [6.07, 6.45) is 2.73. The monoisotopic (exact) mass is 380 g/mol. The molecule has 0 saturated carbocycles. The molecule has 0 unspecified atom stereocenters. The van der Waals surface area contributed by atoms with Crippen LogP contribution in [-0.2, 0) is 17.8 Å². The molecule has 0 spiro atoms. The van der Waals surface area contributed by atoms with Crippen LogP contribution in [0.1, 0.15) is 37.3 Å². The average molecular weight is 380 g/mol. The molecule has 1 heterocycles. The van der Waals surface area contributed by atoms with Gasteiger partial charge in [0.2, 0.25) is 0 Å². The first-order valence-electron chi connectivity index (χ1n) is 10.1. The molecule has 2 aromatic rings. The Bertz CT molecular complexity index is 807. The Morgan fingerprint density at radius 1 is 1.11 bits per heavy atom. The number of benzene rings is 2. The summed E-state index contributed by atoms with van der Waals surface area (Å²) in [4.78, 5) is 25.9. The van der Waals surface area contributed by atoms with E-state index in [4.69, 9.17) is 0 Å². The lowest BCUT2D eigenvalue weighted by Crippen LogP contribution is -2.40. The van der Waals surface area contributed by atoms with Crippen LogP contribution in [-0.4, -0.2) is 28.7 Å². The first-order valence-corrected chi connectivity index (χ1v) is 10.1. The molecule has 5 nitrogen and oxygen atoms in total. The van der Waals surface area contributed by atoms with E-state index in [2.05, 4.69) is 36.1 Å². The molecule has 2 aromatic carbocycles. The number of nitrogens with zero attached hydrogens (tertiary/aromatic N) is 2. The van der Waals surface area contributed by atoms with Crippen LogP contribution in [0, 0.1) is 22.0 Å². The van der Waals surface area contributed by atoms with Crippen molar-refractivity contribution in [2.45, 2.75) is 39.2 Å².